The molecule has 0 radical (unpaired) electrons. The lowest BCUT2D eigenvalue weighted by molar-refractivity contribution is 0.339. The van der Waals surface area contributed by atoms with Gasteiger partial charge in [0.1, 0.15) is 0 Å². The molecule has 0 bridgehead atoms. The van der Waals surface area contributed by atoms with Crippen LogP contribution in [-0.4, -0.2) is 19.3 Å². The highest BCUT2D eigenvalue weighted by molar-refractivity contribution is 9.10. The third-order valence-electron chi connectivity index (χ3n) is 3.19. The molecule has 4 nitrogen and oxygen atoms in total. The van der Waals surface area contributed by atoms with Gasteiger partial charge in [0.25, 0.3) is 0 Å². The van der Waals surface area contributed by atoms with Gasteiger partial charge in [-0.15, -0.1) is 0 Å². The van der Waals surface area contributed by atoms with Gasteiger partial charge in [-0.05, 0) is 48.4 Å². The molecule has 0 spiro atoms. The van der Waals surface area contributed by atoms with Gasteiger partial charge in [-0.2, -0.15) is 0 Å². The number of anilines is 1. The van der Waals surface area contributed by atoms with Crippen molar-refractivity contribution in [1.82, 2.24) is 0 Å². The summed E-state index contributed by atoms with van der Waals surface area (Å²) in [7, 11) is 3.04. The number of phenols is 1. The molecule has 0 unspecified atom stereocenters. The molecule has 0 saturated carbocycles. The Kier molecular flexibility index (Phi) is 4.96. The minimum Gasteiger partial charge on any atom is -0.502 e. The van der Waals surface area contributed by atoms with Crippen LogP contribution in [0.15, 0.2) is 34.8 Å². The van der Waals surface area contributed by atoms with Crippen molar-refractivity contribution in [2.24, 2.45) is 0 Å². The summed E-state index contributed by atoms with van der Waals surface area (Å²) in [5, 5.41) is 13.2. The molecule has 21 heavy (non-hydrogen) atoms. The molecule has 0 atom stereocenters. The second-order valence-electron chi connectivity index (χ2n) is 4.67. The van der Waals surface area contributed by atoms with E-state index < -0.39 is 0 Å². The molecule has 112 valence electrons. The maximum atomic E-state index is 9.89. The molecule has 2 rings (SSSR count). The summed E-state index contributed by atoms with van der Waals surface area (Å²) in [6, 6.07) is 9.66. The maximum absolute atomic E-state index is 9.89. The number of benzene rings is 2. The fraction of sp³-hybridized carbons (Fsp3) is 0.250. The Labute approximate surface area is 132 Å². The highest BCUT2D eigenvalue weighted by Crippen LogP contribution is 2.37. The van der Waals surface area contributed by atoms with Crippen LogP contribution >= 0.6 is 15.9 Å². The fourth-order valence-corrected chi connectivity index (χ4v) is 2.26. The van der Waals surface area contributed by atoms with E-state index >= 15 is 0 Å². The molecular weight excluding hydrogens is 334 g/mol. The molecule has 0 aliphatic heterocycles. The Bertz CT molecular complexity index is 618. The number of hydrogen-bond donors (Lipinski definition) is 2. The van der Waals surface area contributed by atoms with Gasteiger partial charge in [0.2, 0.25) is 5.75 Å². The molecule has 0 saturated heterocycles. The van der Waals surface area contributed by atoms with Crippen LogP contribution in [0, 0.1) is 6.92 Å². The second kappa shape index (κ2) is 6.72. The van der Waals surface area contributed by atoms with E-state index in [0.29, 0.717) is 18.0 Å². The summed E-state index contributed by atoms with van der Waals surface area (Å²) >= 11 is 3.48. The van der Waals surface area contributed by atoms with Gasteiger partial charge in [0.15, 0.2) is 11.5 Å². The van der Waals surface area contributed by atoms with Crippen LogP contribution < -0.4 is 14.8 Å². The van der Waals surface area contributed by atoms with Gasteiger partial charge < -0.3 is 19.9 Å². The van der Waals surface area contributed by atoms with Crippen molar-refractivity contribution in [3.8, 4) is 17.2 Å². The molecule has 2 N–H and O–H groups in total. The highest BCUT2D eigenvalue weighted by Gasteiger charge is 2.11. The molecule has 2 aromatic rings. The van der Waals surface area contributed by atoms with Gasteiger partial charge >= 0.3 is 0 Å². The summed E-state index contributed by atoms with van der Waals surface area (Å²) in [4.78, 5) is 0. The van der Waals surface area contributed by atoms with Crippen molar-refractivity contribution >= 4 is 21.6 Å². The SMILES string of the molecule is COc1cc(CNc2ccc(Br)c(C)c2)cc(OC)c1O. The van der Waals surface area contributed by atoms with Crippen molar-refractivity contribution in [1.29, 1.82) is 0 Å². The minimum absolute atomic E-state index is 0.0169. The second-order valence-corrected chi connectivity index (χ2v) is 5.52. The Morgan fingerprint density at radius 3 is 2.24 bits per heavy atom. The molecule has 0 heterocycles. The van der Waals surface area contributed by atoms with Gasteiger partial charge in [0.05, 0.1) is 14.2 Å². The van der Waals surface area contributed by atoms with Crippen LogP contribution in [0.25, 0.3) is 0 Å². The third kappa shape index (κ3) is 3.61. The Morgan fingerprint density at radius 1 is 1.10 bits per heavy atom. The lowest BCUT2D eigenvalue weighted by Crippen LogP contribution is -2.01. The lowest BCUT2D eigenvalue weighted by atomic mass is 10.1. The molecule has 0 aliphatic carbocycles. The van der Waals surface area contributed by atoms with Crippen molar-refractivity contribution in [2.75, 3.05) is 19.5 Å². The first-order chi connectivity index (χ1) is 10.0. The highest BCUT2D eigenvalue weighted by atomic mass is 79.9. The summed E-state index contributed by atoms with van der Waals surface area (Å²) < 4.78 is 11.4. The van der Waals surface area contributed by atoms with Gasteiger partial charge in [-0.3, -0.25) is 0 Å². The first-order valence-electron chi connectivity index (χ1n) is 6.49. The largest absolute Gasteiger partial charge is 0.502 e. The van der Waals surface area contributed by atoms with E-state index in [1.165, 1.54) is 19.8 Å². The van der Waals surface area contributed by atoms with Crippen molar-refractivity contribution in [3.63, 3.8) is 0 Å². The maximum Gasteiger partial charge on any atom is 0.200 e. The third-order valence-corrected chi connectivity index (χ3v) is 4.08. The first kappa shape index (κ1) is 15.5. The molecule has 0 aliphatic rings. The molecule has 0 fully saturated rings. The number of hydrogen-bond acceptors (Lipinski definition) is 4. The molecule has 5 heteroatoms. The molecule has 2 aromatic carbocycles. The van der Waals surface area contributed by atoms with E-state index in [4.69, 9.17) is 9.47 Å². The Hall–Kier alpha value is -1.88. The summed E-state index contributed by atoms with van der Waals surface area (Å²) in [5.74, 6) is 0.819. The number of nitrogens with one attached hydrogen (secondary N) is 1. The predicted octanol–water partition coefficient (Wildman–Crippen LogP) is 4.09. The number of aromatic hydroxyl groups is 1. The average molecular weight is 352 g/mol. The van der Waals surface area contributed by atoms with Crippen molar-refractivity contribution in [2.45, 2.75) is 13.5 Å². The molecular formula is C16H18BrNO3. The van der Waals surface area contributed by atoms with E-state index in [1.807, 2.05) is 19.1 Å². The van der Waals surface area contributed by atoms with Crippen LogP contribution in [0.3, 0.4) is 0 Å². The van der Waals surface area contributed by atoms with Crippen LogP contribution in [0.2, 0.25) is 0 Å². The van der Waals surface area contributed by atoms with Gasteiger partial charge in [0, 0.05) is 16.7 Å². The standard InChI is InChI=1S/C16H18BrNO3/c1-10-6-12(4-5-13(10)17)18-9-11-7-14(20-2)16(19)15(8-11)21-3/h4-8,18-19H,9H2,1-3H3. The number of halogens is 1. The topological polar surface area (TPSA) is 50.7 Å². The summed E-state index contributed by atoms with van der Waals surface area (Å²) in [6.45, 7) is 2.65. The zero-order valence-corrected chi connectivity index (χ0v) is 13.8. The number of phenolic OH excluding ortho intramolecular Hbond substituents is 1. The van der Waals surface area contributed by atoms with Crippen LogP contribution in [0.4, 0.5) is 5.69 Å². The number of aryl methyl sites for hydroxylation is 1. The average Bonchev–Trinajstić information content (AvgIpc) is 2.49. The van der Waals surface area contributed by atoms with E-state index in [1.54, 1.807) is 12.1 Å². The van der Waals surface area contributed by atoms with Crippen LogP contribution in [0.5, 0.6) is 17.2 Å². The van der Waals surface area contributed by atoms with Gasteiger partial charge in [-0.25, -0.2) is 0 Å². The van der Waals surface area contributed by atoms with Crippen LogP contribution in [-0.2, 0) is 6.54 Å². The van der Waals surface area contributed by atoms with Crippen LogP contribution in [0.1, 0.15) is 11.1 Å². The fourth-order valence-electron chi connectivity index (χ4n) is 2.01. The quantitative estimate of drug-likeness (QED) is 0.851. The van der Waals surface area contributed by atoms with E-state index in [2.05, 4.69) is 27.3 Å². The Balaban J connectivity index is 2.17. The van der Waals surface area contributed by atoms with E-state index in [9.17, 15) is 5.11 Å². The smallest absolute Gasteiger partial charge is 0.200 e. The Morgan fingerprint density at radius 2 is 1.71 bits per heavy atom. The van der Waals surface area contributed by atoms with Crippen molar-refractivity contribution in [3.05, 3.63) is 45.9 Å². The zero-order valence-electron chi connectivity index (χ0n) is 12.2. The normalized spacial score (nSPS) is 10.3. The molecule has 0 amide bonds. The van der Waals surface area contributed by atoms with E-state index in [0.717, 1.165) is 15.7 Å². The predicted molar refractivity (Wildman–Crippen MR) is 87.4 cm³/mol. The zero-order chi connectivity index (χ0) is 15.4. The van der Waals surface area contributed by atoms with Crippen molar-refractivity contribution < 1.29 is 14.6 Å². The first-order valence-corrected chi connectivity index (χ1v) is 7.28. The lowest BCUT2D eigenvalue weighted by Gasteiger charge is -2.13. The number of methoxy groups -OCH3 is 2. The molecule has 0 aromatic heterocycles. The number of rotatable bonds is 5. The summed E-state index contributed by atoms with van der Waals surface area (Å²) in [6.07, 6.45) is 0. The minimum atomic E-state index is 0.0169. The summed E-state index contributed by atoms with van der Waals surface area (Å²) in [5.41, 5.74) is 3.16. The monoisotopic (exact) mass is 351 g/mol. The van der Waals surface area contributed by atoms with E-state index in [-0.39, 0.29) is 5.75 Å². The number of ether oxygens (including phenoxy) is 2. The van der Waals surface area contributed by atoms with Gasteiger partial charge in [-0.1, -0.05) is 15.9 Å².